The van der Waals surface area contributed by atoms with Crippen molar-refractivity contribution in [3.8, 4) is 5.75 Å². The van der Waals surface area contributed by atoms with Crippen LogP contribution in [0.5, 0.6) is 5.75 Å². The number of nitrogens with zero attached hydrogens (tertiary/aromatic N) is 1. The monoisotopic (exact) mass is 264 g/mol. The maximum absolute atomic E-state index is 11.7. The molecule has 102 valence electrons. The fourth-order valence-corrected chi connectivity index (χ4v) is 2.51. The molecule has 0 aromatic heterocycles. The Morgan fingerprint density at radius 1 is 1.47 bits per heavy atom. The number of benzene rings is 1. The molecule has 3 rings (SSSR count). The van der Waals surface area contributed by atoms with Crippen molar-refractivity contribution in [2.24, 2.45) is 0 Å². The van der Waals surface area contributed by atoms with Crippen LogP contribution in [0.3, 0.4) is 0 Å². The second-order valence-corrected chi connectivity index (χ2v) is 4.63. The first-order chi connectivity index (χ1) is 9.20. The summed E-state index contributed by atoms with van der Waals surface area (Å²) >= 11 is 0. The third-order valence-corrected chi connectivity index (χ3v) is 3.50. The van der Waals surface area contributed by atoms with Gasteiger partial charge in [-0.15, -0.1) is 0 Å². The molecule has 0 radical (unpaired) electrons. The maximum Gasteiger partial charge on any atom is 0.340 e. The summed E-state index contributed by atoms with van der Waals surface area (Å²) in [6, 6.07) is 3.62. The van der Waals surface area contributed by atoms with Crippen molar-refractivity contribution < 1.29 is 19.0 Å². The molecule has 1 fully saturated rings. The van der Waals surface area contributed by atoms with Crippen LogP contribution in [0.15, 0.2) is 12.1 Å². The van der Waals surface area contributed by atoms with E-state index in [1.54, 1.807) is 12.1 Å². The molecule has 2 aliphatic heterocycles. The molecule has 6 heteroatoms. The molecule has 0 amide bonds. The van der Waals surface area contributed by atoms with Crippen LogP contribution in [0.2, 0.25) is 0 Å². The van der Waals surface area contributed by atoms with Gasteiger partial charge in [-0.3, -0.25) is 0 Å². The Balaban J connectivity index is 2.03. The van der Waals surface area contributed by atoms with Gasteiger partial charge in [-0.2, -0.15) is 0 Å². The lowest BCUT2D eigenvalue weighted by Crippen LogP contribution is -2.51. The molecule has 0 saturated carbocycles. The van der Waals surface area contributed by atoms with Gasteiger partial charge >= 0.3 is 5.97 Å². The van der Waals surface area contributed by atoms with Gasteiger partial charge in [0.1, 0.15) is 12.4 Å². The lowest BCUT2D eigenvalue weighted by Gasteiger charge is -2.41. The van der Waals surface area contributed by atoms with E-state index in [9.17, 15) is 4.79 Å². The van der Waals surface area contributed by atoms with Gasteiger partial charge in [0, 0.05) is 18.3 Å². The molecule has 6 nitrogen and oxygen atoms in total. The molecular weight excluding hydrogens is 248 g/mol. The quantitative estimate of drug-likeness (QED) is 0.593. The largest absolute Gasteiger partial charge is 0.489 e. The highest BCUT2D eigenvalue weighted by atomic mass is 16.5. The number of hydrogen-bond donors (Lipinski definition) is 1. The summed E-state index contributed by atoms with van der Waals surface area (Å²) in [4.78, 5) is 13.9. The Kier molecular flexibility index (Phi) is 2.94. The number of rotatable bonds is 1. The zero-order valence-corrected chi connectivity index (χ0v) is 10.7. The lowest BCUT2D eigenvalue weighted by atomic mass is 10.1. The first-order valence-electron chi connectivity index (χ1n) is 6.19. The molecule has 2 N–H and O–H groups in total. The van der Waals surface area contributed by atoms with Crippen LogP contribution in [0.25, 0.3) is 0 Å². The van der Waals surface area contributed by atoms with Gasteiger partial charge in [-0.25, -0.2) is 4.79 Å². The van der Waals surface area contributed by atoms with E-state index < -0.39 is 5.97 Å². The number of fused-ring (bicyclic) bond motifs is 3. The summed E-state index contributed by atoms with van der Waals surface area (Å²) in [7, 11) is 1.34. The Bertz CT molecular complexity index is 518. The zero-order chi connectivity index (χ0) is 13.4. The van der Waals surface area contributed by atoms with Crippen LogP contribution in [0, 0.1) is 0 Å². The van der Waals surface area contributed by atoms with Crippen LogP contribution >= 0.6 is 0 Å². The first kappa shape index (κ1) is 12.1. The van der Waals surface area contributed by atoms with E-state index in [1.165, 1.54) is 7.11 Å². The highest BCUT2D eigenvalue weighted by Gasteiger charge is 2.31. The van der Waals surface area contributed by atoms with E-state index in [1.807, 2.05) is 0 Å². The molecular formula is C13H16N2O4. The van der Waals surface area contributed by atoms with Crippen molar-refractivity contribution >= 4 is 17.3 Å². The van der Waals surface area contributed by atoms with Crippen molar-refractivity contribution in [2.75, 3.05) is 44.1 Å². The summed E-state index contributed by atoms with van der Waals surface area (Å²) in [5.41, 5.74) is 7.49. The Morgan fingerprint density at radius 2 is 2.32 bits per heavy atom. The molecule has 0 spiro atoms. The van der Waals surface area contributed by atoms with E-state index in [4.69, 9.17) is 19.9 Å². The lowest BCUT2D eigenvalue weighted by molar-refractivity contribution is 0.0601. The number of nitrogen functional groups attached to an aromatic ring is 1. The number of carbonyl (C=O) groups excluding carboxylic acids is 1. The van der Waals surface area contributed by atoms with E-state index in [-0.39, 0.29) is 6.04 Å². The molecule has 1 atom stereocenters. The van der Waals surface area contributed by atoms with Gasteiger partial charge in [0.2, 0.25) is 0 Å². The number of methoxy groups -OCH3 is 1. The maximum atomic E-state index is 11.7. The van der Waals surface area contributed by atoms with Crippen LogP contribution in [0.1, 0.15) is 10.4 Å². The summed E-state index contributed by atoms with van der Waals surface area (Å²) in [5, 5.41) is 0. The molecule has 19 heavy (non-hydrogen) atoms. The fourth-order valence-electron chi connectivity index (χ4n) is 2.51. The average molecular weight is 264 g/mol. The minimum absolute atomic E-state index is 0.190. The normalized spacial score (nSPS) is 21.1. The number of carbonyl (C=O) groups is 1. The third-order valence-electron chi connectivity index (χ3n) is 3.50. The Hall–Kier alpha value is -1.95. The summed E-state index contributed by atoms with van der Waals surface area (Å²) < 4.78 is 15.9. The molecule has 2 aliphatic rings. The van der Waals surface area contributed by atoms with Gasteiger partial charge in [-0.1, -0.05) is 0 Å². The van der Waals surface area contributed by atoms with Crippen LogP contribution in [0.4, 0.5) is 11.4 Å². The number of morpholine rings is 1. The topological polar surface area (TPSA) is 74.0 Å². The van der Waals surface area contributed by atoms with Crippen molar-refractivity contribution in [3.05, 3.63) is 17.7 Å². The predicted molar refractivity (Wildman–Crippen MR) is 69.6 cm³/mol. The van der Waals surface area contributed by atoms with Gasteiger partial charge in [0.05, 0.1) is 37.6 Å². The van der Waals surface area contributed by atoms with E-state index in [2.05, 4.69) is 4.90 Å². The molecule has 2 heterocycles. The molecule has 1 unspecified atom stereocenters. The number of ether oxygens (including phenoxy) is 3. The number of hydrogen-bond acceptors (Lipinski definition) is 6. The minimum Gasteiger partial charge on any atom is -0.489 e. The number of anilines is 2. The Labute approximate surface area is 111 Å². The first-order valence-corrected chi connectivity index (χ1v) is 6.19. The molecule has 0 bridgehead atoms. The summed E-state index contributed by atoms with van der Waals surface area (Å²) in [6.45, 7) is 2.67. The number of nitrogens with two attached hydrogens (primary N) is 1. The molecule has 1 aromatic rings. The second kappa shape index (κ2) is 4.62. The van der Waals surface area contributed by atoms with Crippen molar-refractivity contribution in [3.63, 3.8) is 0 Å². The SMILES string of the molecule is COC(=O)c1cc2c(cc1N)OCC1COCCN21. The summed E-state index contributed by atoms with van der Waals surface area (Å²) in [5.74, 6) is 0.277. The van der Waals surface area contributed by atoms with Gasteiger partial charge in [0.25, 0.3) is 0 Å². The van der Waals surface area contributed by atoms with Crippen molar-refractivity contribution in [2.45, 2.75) is 6.04 Å². The van der Waals surface area contributed by atoms with E-state index >= 15 is 0 Å². The van der Waals surface area contributed by atoms with E-state index in [0.717, 1.165) is 12.2 Å². The molecule has 0 aliphatic carbocycles. The highest BCUT2D eigenvalue weighted by molar-refractivity contribution is 5.97. The Morgan fingerprint density at radius 3 is 3.11 bits per heavy atom. The van der Waals surface area contributed by atoms with Crippen LogP contribution in [-0.2, 0) is 9.47 Å². The van der Waals surface area contributed by atoms with Gasteiger partial charge in [0.15, 0.2) is 0 Å². The van der Waals surface area contributed by atoms with Gasteiger partial charge in [-0.05, 0) is 6.07 Å². The highest BCUT2D eigenvalue weighted by Crippen LogP contribution is 2.38. The van der Waals surface area contributed by atoms with Crippen LogP contribution in [-0.4, -0.2) is 45.5 Å². The van der Waals surface area contributed by atoms with Crippen LogP contribution < -0.4 is 15.4 Å². The van der Waals surface area contributed by atoms with E-state index in [0.29, 0.717) is 36.8 Å². The molecule has 1 aromatic carbocycles. The predicted octanol–water partition coefficient (Wildman–Crippen LogP) is 0.653. The zero-order valence-electron chi connectivity index (χ0n) is 10.7. The van der Waals surface area contributed by atoms with Gasteiger partial charge < -0.3 is 24.8 Å². The average Bonchev–Trinajstić information content (AvgIpc) is 2.45. The second-order valence-electron chi connectivity index (χ2n) is 4.63. The van der Waals surface area contributed by atoms with Crippen molar-refractivity contribution in [1.29, 1.82) is 0 Å². The standard InChI is InChI=1S/C13H16N2O4/c1-17-13(16)9-4-11-12(5-10(9)14)19-7-8-6-18-3-2-15(8)11/h4-5,8H,2-3,6-7,14H2,1H3. The molecule has 1 saturated heterocycles. The third kappa shape index (κ3) is 1.98. The summed E-state index contributed by atoms with van der Waals surface area (Å²) in [6.07, 6.45) is 0. The smallest absolute Gasteiger partial charge is 0.340 e. The fraction of sp³-hybridized carbons (Fsp3) is 0.462. The minimum atomic E-state index is -0.435. The van der Waals surface area contributed by atoms with Crippen molar-refractivity contribution in [1.82, 2.24) is 0 Å². The number of esters is 1.